The Morgan fingerprint density at radius 1 is 0.967 bits per heavy atom. The summed E-state index contributed by atoms with van der Waals surface area (Å²) in [5.41, 5.74) is 0.873. The molecule has 0 spiro atoms. The van der Waals surface area contributed by atoms with Crippen molar-refractivity contribution in [3.05, 3.63) is 65.0 Å². The number of carbonyl (C=O) groups excluding carboxylic acids is 4. The van der Waals surface area contributed by atoms with Gasteiger partial charge in [-0.05, 0) is 36.8 Å². The van der Waals surface area contributed by atoms with Crippen LogP contribution in [0.4, 0.5) is 10.1 Å². The first-order valence-corrected chi connectivity index (χ1v) is 8.86. The van der Waals surface area contributed by atoms with Gasteiger partial charge in [-0.2, -0.15) is 0 Å². The number of esters is 2. The Hall–Kier alpha value is -3.75. The third-order valence-corrected chi connectivity index (χ3v) is 4.23. The Labute approximate surface area is 172 Å². The number of nitrogens with one attached hydrogen (secondary N) is 1. The van der Waals surface area contributed by atoms with Crippen molar-refractivity contribution in [3.63, 3.8) is 0 Å². The number of anilines is 1. The molecule has 0 saturated heterocycles. The van der Waals surface area contributed by atoms with Crippen LogP contribution in [0.3, 0.4) is 0 Å². The molecule has 9 heteroatoms. The van der Waals surface area contributed by atoms with Crippen LogP contribution in [-0.2, 0) is 19.1 Å². The molecule has 2 amide bonds. The summed E-state index contributed by atoms with van der Waals surface area (Å²) in [7, 11) is 2.32. The Kier molecular flexibility index (Phi) is 7.62. The number of ether oxygens (including phenoxy) is 2. The van der Waals surface area contributed by atoms with E-state index in [2.05, 4.69) is 14.8 Å². The Balaban J connectivity index is 2.29. The Bertz CT molecular complexity index is 958. The van der Waals surface area contributed by atoms with E-state index in [0.717, 1.165) is 19.1 Å². The molecule has 0 aliphatic heterocycles. The molecule has 1 N–H and O–H groups in total. The quantitative estimate of drug-likeness (QED) is 0.694. The normalized spacial score (nSPS) is 10.1. The standard InChI is InChI=1S/C21H21FN2O6/c1-13-8-9-14(21(28)24(11-18(25)29-2)12-19(26)30-3)10-17(13)23-20(27)15-6-4-5-7-16(15)22/h4-10H,11-12H2,1-3H3,(H,23,27). The van der Waals surface area contributed by atoms with Gasteiger partial charge in [0.25, 0.3) is 11.8 Å². The fourth-order valence-electron chi connectivity index (χ4n) is 2.55. The van der Waals surface area contributed by atoms with Gasteiger partial charge in [-0.1, -0.05) is 18.2 Å². The first kappa shape index (κ1) is 22.5. The van der Waals surface area contributed by atoms with E-state index in [1.54, 1.807) is 13.0 Å². The maximum atomic E-state index is 13.9. The summed E-state index contributed by atoms with van der Waals surface area (Å²) in [6, 6.07) is 9.95. The van der Waals surface area contributed by atoms with Crippen molar-refractivity contribution in [1.29, 1.82) is 0 Å². The molecule has 0 aliphatic rings. The average Bonchev–Trinajstić information content (AvgIpc) is 2.74. The van der Waals surface area contributed by atoms with E-state index in [0.29, 0.717) is 5.56 Å². The maximum Gasteiger partial charge on any atom is 0.325 e. The van der Waals surface area contributed by atoms with Crippen LogP contribution in [0.5, 0.6) is 0 Å². The van der Waals surface area contributed by atoms with Crippen LogP contribution in [-0.4, -0.2) is 56.0 Å². The van der Waals surface area contributed by atoms with Gasteiger partial charge in [0, 0.05) is 11.3 Å². The molecule has 0 saturated carbocycles. The van der Waals surface area contributed by atoms with Crippen molar-refractivity contribution in [2.45, 2.75) is 6.92 Å². The van der Waals surface area contributed by atoms with Gasteiger partial charge >= 0.3 is 11.9 Å². The number of rotatable bonds is 7. The highest BCUT2D eigenvalue weighted by Crippen LogP contribution is 2.20. The van der Waals surface area contributed by atoms with Crippen LogP contribution in [0, 0.1) is 12.7 Å². The minimum absolute atomic E-state index is 0.109. The number of amides is 2. The predicted molar refractivity (Wildman–Crippen MR) is 105 cm³/mol. The Morgan fingerprint density at radius 2 is 1.57 bits per heavy atom. The van der Waals surface area contributed by atoms with Crippen molar-refractivity contribution >= 4 is 29.4 Å². The number of halogens is 1. The lowest BCUT2D eigenvalue weighted by molar-refractivity contribution is -0.144. The number of hydrogen-bond acceptors (Lipinski definition) is 6. The second-order valence-corrected chi connectivity index (χ2v) is 6.28. The summed E-state index contributed by atoms with van der Waals surface area (Å²) < 4.78 is 23.0. The third kappa shape index (κ3) is 5.63. The second-order valence-electron chi connectivity index (χ2n) is 6.28. The van der Waals surface area contributed by atoms with Crippen molar-refractivity contribution in [2.24, 2.45) is 0 Å². The van der Waals surface area contributed by atoms with Crippen LogP contribution in [0.25, 0.3) is 0 Å². The van der Waals surface area contributed by atoms with Crippen LogP contribution in [0.2, 0.25) is 0 Å². The molecule has 2 rings (SSSR count). The highest BCUT2D eigenvalue weighted by atomic mass is 19.1. The molecule has 8 nitrogen and oxygen atoms in total. The predicted octanol–water partition coefficient (Wildman–Crippen LogP) is 2.17. The topological polar surface area (TPSA) is 102 Å². The van der Waals surface area contributed by atoms with E-state index in [4.69, 9.17) is 0 Å². The molecule has 2 aromatic rings. The molecule has 0 heterocycles. The lowest BCUT2D eigenvalue weighted by Gasteiger charge is -2.21. The van der Waals surface area contributed by atoms with E-state index in [-0.39, 0.29) is 16.8 Å². The zero-order chi connectivity index (χ0) is 22.3. The number of carbonyl (C=O) groups is 4. The number of nitrogens with zero attached hydrogens (tertiary/aromatic N) is 1. The fraction of sp³-hybridized carbons (Fsp3) is 0.238. The van der Waals surface area contributed by atoms with Gasteiger partial charge in [0.15, 0.2) is 0 Å². The summed E-state index contributed by atoms with van der Waals surface area (Å²) in [5.74, 6) is -3.43. The van der Waals surface area contributed by atoms with E-state index < -0.39 is 42.7 Å². The van der Waals surface area contributed by atoms with Crippen molar-refractivity contribution in [2.75, 3.05) is 32.6 Å². The van der Waals surface area contributed by atoms with Crippen LogP contribution >= 0.6 is 0 Å². The third-order valence-electron chi connectivity index (χ3n) is 4.23. The van der Waals surface area contributed by atoms with E-state index in [1.165, 1.54) is 36.4 Å². The van der Waals surface area contributed by atoms with Gasteiger partial charge in [-0.3, -0.25) is 19.2 Å². The molecule has 0 aromatic heterocycles. The molecule has 0 aliphatic carbocycles. The van der Waals surface area contributed by atoms with Gasteiger partial charge in [0.2, 0.25) is 0 Å². The first-order chi connectivity index (χ1) is 14.3. The molecular formula is C21H21FN2O6. The second kappa shape index (κ2) is 10.1. The summed E-state index contributed by atoms with van der Waals surface area (Å²) in [4.78, 5) is 49.5. The molecule has 0 unspecified atom stereocenters. The van der Waals surface area contributed by atoms with Crippen LogP contribution in [0.15, 0.2) is 42.5 Å². The fourth-order valence-corrected chi connectivity index (χ4v) is 2.55. The van der Waals surface area contributed by atoms with Gasteiger partial charge in [-0.15, -0.1) is 0 Å². The lowest BCUT2D eigenvalue weighted by Crippen LogP contribution is -2.40. The Morgan fingerprint density at radius 3 is 2.13 bits per heavy atom. The molecule has 2 aromatic carbocycles. The van der Waals surface area contributed by atoms with Crippen molar-refractivity contribution < 1.29 is 33.0 Å². The number of benzene rings is 2. The molecule has 30 heavy (non-hydrogen) atoms. The van der Waals surface area contributed by atoms with E-state index >= 15 is 0 Å². The minimum atomic E-state index is -0.715. The molecule has 0 bridgehead atoms. The zero-order valence-electron chi connectivity index (χ0n) is 16.7. The van der Waals surface area contributed by atoms with Crippen LogP contribution in [0.1, 0.15) is 26.3 Å². The first-order valence-electron chi connectivity index (χ1n) is 8.86. The number of aryl methyl sites for hydroxylation is 1. The van der Waals surface area contributed by atoms with Gasteiger partial charge < -0.3 is 19.7 Å². The van der Waals surface area contributed by atoms with Gasteiger partial charge in [0.1, 0.15) is 18.9 Å². The minimum Gasteiger partial charge on any atom is -0.468 e. The monoisotopic (exact) mass is 416 g/mol. The highest BCUT2D eigenvalue weighted by molar-refractivity contribution is 6.06. The number of hydrogen-bond donors (Lipinski definition) is 1. The van der Waals surface area contributed by atoms with Crippen LogP contribution < -0.4 is 5.32 Å². The van der Waals surface area contributed by atoms with E-state index in [1.807, 2.05) is 0 Å². The molecule has 0 fully saturated rings. The van der Waals surface area contributed by atoms with Gasteiger partial charge in [-0.25, -0.2) is 4.39 Å². The van der Waals surface area contributed by atoms with E-state index in [9.17, 15) is 23.6 Å². The zero-order valence-corrected chi connectivity index (χ0v) is 16.7. The van der Waals surface area contributed by atoms with Gasteiger partial charge in [0.05, 0.1) is 19.8 Å². The molecular weight excluding hydrogens is 395 g/mol. The average molecular weight is 416 g/mol. The SMILES string of the molecule is COC(=O)CN(CC(=O)OC)C(=O)c1ccc(C)c(NC(=O)c2ccccc2F)c1. The maximum absolute atomic E-state index is 13.9. The summed E-state index contributed by atoms with van der Waals surface area (Å²) in [5, 5.41) is 2.57. The lowest BCUT2D eigenvalue weighted by atomic mass is 10.1. The molecule has 158 valence electrons. The highest BCUT2D eigenvalue weighted by Gasteiger charge is 2.23. The van der Waals surface area contributed by atoms with Crippen molar-refractivity contribution in [3.8, 4) is 0 Å². The summed E-state index contributed by atoms with van der Waals surface area (Å²) in [6.45, 7) is 0.774. The summed E-state index contributed by atoms with van der Waals surface area (Å²) in [6.07, 6.45) is 0. The molecule has 0 radical (unpaired) electrons. The largest absolute Gasteiger partial charge is 0.468 e. The van der Waals surface area contributed by atoms with Crippen molar-refractivity contribution in [1.82, 2.24) is 4.90 Å². The smallest absolute Gasteiger partial charge is 0.325 e. The summed E-state index contributed by atoms with van der Waals surface area (Å²) >= 11 is 0. The number of methoxy groups -OCH3 is 2. The molecule has 0 atom stereocenters.